The number of pyridine rings is 1. The average Bonchev–Trinajstić information content (AvgIpc) is 2.91. The van der Waals surface area contributed by atoms with Gasteiger partial charge in [0.1, 0.15) is 12.3 Å². The van der Waals surface area contributed by atoms with E-state index in [0.717, 1.165) is 16.5 Å². The van der Waals surface area contributed by atoms with Gasteiger partial charge in [-0.15, -0.1) is 0 Å². The van der Waals surface area contributed by atoms with Crippen LogP contribution in [0.5, 0.6) is 0 Å². The number of nitrogens with zero attached hydrogens (tertiary/aromatic N) is 3. The summed E-state index contributed by atoms with van der Waals surface area (Å²) in [7, 11) is 1.79. The van der Waals surface area contributed by atoms with Crippen LogP contribution in [0.2, 0.25) is 0 Å². The van der Waals surface area contributed by atoms with Crippen LogP contribution in [0.1, 0.15) is 18.4 Å². The van der Waals surface area contributed by atoms with Gasteiger partial charge < -0.3 is 14.5 Å². The summed E-state index contributed by atoms with van der Waals surface area (Å²) in [4.78, 5) is 32.4. The van der Waals surface area contributed by atoms with Crippen LogP contribution in [0.25, 0.3) is 10.9 Å². The van der Waals surface area contributed by atoms with Crippen molar-refractivity contribution in [1.82, 2.24) is 14.8 Å². The summed E-state index contributed by atoms with van der Waals surface area (Å²) in [5, 5.41) is 1.02. The fourth-order valence-electron chi connectivity index (χ4n) is 3.80. The number of likely N-dealkylation sites (N-methyl/N-ethyl adjacent to an activating group) is 1. The molecule has 25 heavy (non-hydrogen) atoms. The Hall–Kier alpha value is -2.47. The number of ether oxygens (including phenoxy) is 1. The molecule has 4 rings (SSSR count). The van der Waals surface area contributed by atoms with Gasteiger partial charge in [-0.2, -0.15) is 0 Å². The van der Waals surface area contributed by atoms with Crippen molar-refractivity contribution in [3.63, 3.8) is 0 Å². The maximum atomic E-state index is 12.7. The minimum atomic E-state index is -0.517. The van der Waals surface area contributed by atoms with Crippen molar-refractivity contribution in [3.05, 3.63) is 42.1 Å². The highest BCUT2D eigenvalue weighted by atomic mass is 16.5. The molecule has 2 saturated heterocycles. The first-order valence-corrected chi connectivity index (χ1v) is 8.60. The number of fused-ring (bicyclic) bond motifs is 1. The van der Waals surface area contributed by atoms with Crippen molar-refractivity contribution < 1.29 is 14.3 Å². The molecular weight excluding hydrogens is 318 g/mol. The second-order valence-corrected chi connectivity index (χ2v) is 6.73. The third-order valence-electron chi connectivity index (χ3n) is 5.42. The average molecular weight is 339 g/mol. The Bertz CT molecular complexity index is 822. The molecular formula is C19H21N3O3. The van der Waals surface area contributed by atoms with Crippen LogP contribution in [0, 0.1) is 0 Å². The van der Waals surface area contributed by atoms with Crippen LogP contribution in [-0.4, -0.2) is 59.1 Å². The van der Waals surface area contributed by atoms with Crippen LogP contribution >= 0.6 is 0 Å². The number of carbonyl (C=O) groups excluding carboxylic acids is 2. The van der Waals surface area contributed by atoms with E-state index in [-0.39, 0.29) is 18.4 Å². The smallest absolute Gasteiger partial charge is 0.250 e. The van der Waals surface area contributed by atoms with Crippen LogP contribution in [0.15, 0.2) is 36.5 Å². The monoisotopic (exact) mass is 339 g/mol. The number of carbonyl (C=O) groups is 2. The lowest BCUT2D eigenvalue weighted by atomic mass is 9.98. The number of rotatable bonds is 2. The summed E-state index contributed by atoms with van der Waals surface area (Å²) >= 11 is 0. The molecule has 0 radical (unpaired) electrons. The molecule has 0 N–H and O–H groups in total. The second kappa shape index (κ2) is 6.11. The Kier molecular flexibility index (Phi) is 3.92. The predicted molar refractivity (Wildman–Crippen MR) is 92.7 cm³/mol. The number of hydrogen-bond acceptors (Lipinski definition) is 4. The third kappa shape index (κ3) is 2.76. The molecule has 0 bridgehead atoms. The van der Waals surface area contributed by atoms with Gasteiger partial charge in [0.05, 0.1) is 11.9 Å². The molecule has 6 heteroatoms. The topological polar surface area (TPSA) is 62.7 Å². The Morgan fingerprint density at radius 3 is 2.76 bits per heavy atom. The largest absolute Gasteiger partial charge is 0.346 e. The fourth-order valence-corrected chi connectivity index (χ4v) is 3.80. The van der Waals surface area contributed by atoms with Crippen LogP contribution in [0.4, 0.5) is 0 Å². The minimum absolute atomic E-state index is 0.0167. The Morgan fingerprint density at radius 1 is 1.24 bits per heavy atom. The minimum Gasteiger partial charge on any atom is -0.346 e. The van der Waals surface area contributed by atoms with E-state index < -0.39 is 5.72 Å². The van der Waals surface area contributed by atoms with E-state index in [1.165, 1.54) is 0 Å². The summed E-state index contributed by atoms with van der Waals surface area (Å²) in [5.74, 6) is 0.126. The lowest BCUT2D eigenvalue weighted by Crippen LogP contribution is -2.53. The SMILES string of the molecule is CN1C(=O)COC12CCN(C(=O)Cc1cccc3ncccc13)CC2. The zero-order chi connectivity index (χ0) is 17.4. The molecule has 2 fully saturated rings. The highest BCUT2D eigenvalue weighted by molar-refractivity contribution is 5.88. The molecule has 0 unspecified atom stereocenters. The van der Waals surface area contributed by atoms with Gasteiger partial charge in [-0.1, -0.05) is 18.2 Å². The van der Waals surface area contributed by atoms with Gasteiger partial charge in [0, 0.05) is 44.6 Å². The zero-order valence-corrected chi connectivity index (χ0v) is 14.3. The normalized spacial score (nSPS) is 19.8. The lowest BCUT2D eigenvalue weighted by molar-refractivity contribution is -0.146. The number of benzene rings is 1. The maximum Gasteiger partial charge on any atom is 0.250 e. The molecule has 1 spiro atoms. The number of piperidine rings is 1. The van der Waals surface area contributed by atoms with Crippen molar-refractivity contribution in [3.8, 4) is 0 Å². The number of amides is 2. The zero-order valence-electron chi connectivity index (χ0n) is 14.3. The summed E-state index contributed by atoms with van der Waals surface area (Å²) < 4.78 is 5.74. The van der Waals surface area contributed by atoms with Crippen molar-refractivity contribution in [1.29, 1.82) is 0 Å². The maximum absolute atomic E-state index is 12.7. The molecule has 1 aromatic carbocycles. The number of hydrogen-bond donors (Lipinski definition) is 0. The molecule has 0 atom stereocenters. The summed E-state index contributed by atoms with van der Waals surface area (Å²) in [6.45, 7) is 1.37. The van der Waals surface area contributed by atoms with E-state index in [9.17, 15) is 9.59 Å². The first-order chi connectivity index (χ1) is 12.1. The molecule has 2 aliphatic heterocycles. The van der Waals surface area contributed by atoms with E-state index in [1.54, 1.807) is 18.1 Å². The molecule has 6 nitrogen and oxygen atoms in total. The molecule has 2 amide bonds. The van der Waals surface area contributed by atoms with Gasteiger partial charge in [0.2, 0.25) is 5.91 Å². The Labute approximate surface area is 146 Å². The molecule has 0 aliphatic carbocycles. The predicted octanol–water partition coefficient (Wildman–Crippen LogP) is 1.58. The van der Waals surface area contributed by atoms with E-state index in [2.05, 4.69) is 4.98 Å². The van der Waals surface area contributed by atoms with Crippen molar-refractivity contribution >= 4 is 22.7 Å². The van der Waals surface area contributed by atoms with Crippen LogP contribution in [-0.2, 0) is 20.7 Å². The van der Waals surface area contributed by atoms with Crippen LogP contribution in [0.3, 0.4) is 0 Å². The lowest BCUT2D eigenvalue weighted by Gasteiger charge is -2.42. The number of likely N-dealkylation sites (tertiary alicyclic amines) is 1. The van der Waals surface area contributed by atoms with Gasteiger partial charge in [-0.3, -0.25) is 14.6 Å². The molecule has 130 valence electrons. The van der Waals surface area contributed by atoms with Crippen molar-refractivity contribution in [2.45, 2.75) is 25.0 Å². The molecule has 0 saturated carbocycles. The Morgan fingerprint density at radius 2 is 2.04 bits per heavy atom. The number of aromatic nitrogens is 1. The first-order valence-electron chi connectivity index (χ1n) is 8.60. The van der Waals surface area contributed by atoms with E-state index in [4.69, 9.17) is 4.74 Å². The Balaban J connectivity index is 1.45. The second-order valence-electron chi connectivity index (χ2n) is 6.73. The van der Waals surface area contributed by atoms with Crippen LogP contribution < -0.4 is 0 Å². The molecule has 2 aromatic rings. The van der Waals surface area contributed by atoms with E-state index in [0.29, 0.717) is 32.4 Å². The molecule has 3 heterocycles. The summed E-state index contributed by atoms with van der Waals surface area (Å²) in [5.41, 5.74) is 1.39. The van der Waals surface area contributed by atoms with Crippen molar-refractivity contribution in [2.75, 3.05) is 26.7 Å². The highest BCUT2D eigenvalue weighted by Crippen LogP contribution is 2.33. The van der Waals surface area contributed by atoms with Crippen molar-refractivity contribution in [2.24, 2.45) is 0 Å². The fraction of sp³-hybridized carbons (Fsp3) is 0.421. The van der Waals surface area contributed by atoms with Gasteiger partial charge in [-0.25, -0.2) is 0 Å². The summed E-state index contributed by atoms with van der Waals surface area (Å²) in [6, 6.07) is 9.78. The summed E-state index contributed by atoms with van der Waals surface area (Å²) in [6.07, 6.45) is 3.46. The highest BCUT2D eigenvalue weighted by Gasteiger charge is 2.46. The standard InChI is InChI=1S/C19H21N3O3/c1-21-18(24)13-25-19(21)7-10-22(11-8-19)17(23)12-14-4-2-6-16-15(14)5-3-9-20-16/h2-6,9H,7-8,10-13H2,1H3. The van der Waals surface area contributed by atoms with Gasteiger partial charge >= 0.3 is 0 Å². The molecule has 1 aromatic heterocycles. The quantitative estimate of drug-likeness (QED) is 0.833. The van der Waals surface area contributed by atoms with E-state index in [1.807, 2.05) is 35.2 Å². The molecule has 2 aliphatic rings. The third-order valence-corrected chi connectivity index (χ3v) is 5.42. The van der Waals surface area contributed by atoms with Gasteiger partial charge in [-0.05, 0) is 17.7 Å². The first kappa shape index (κ1) is 16.0. The van der Waals surface area contributed by atoms with Gasteiger partial charge in [0.25, 0.3) is 5.91 Å². The van der Waals surface area contributed by atoms with Gasteiger partial charge in [0.15, 0.2) is 0 Å². The van der Waals surface area contributed by atoms with E-state index >= 15 is 0 Å².